The van der Waals surface area contributed by atoms with E-state index in [2.05, 4.69) is 21.8 Å². The third kappa shape index (κ3) is 4.05. The summed E-state index contributed by atoms with van der Waals surface area (Å²) in [4.78, 5) is 7.91. The van der Waals surface area contributed by atoms with Gasteiger partial charge in [0, 0.05) is 17.5 Å². The van der Waals surface area contributed by atoms with Gasteiger partial charge < -0.3 is 5.73 Å². The highest BCUT2D eigenvalue weighted by Crippen LogP contribution is 2.22. The van der Waals surface area contributed by atoms with Gasteiger partial charge in [-0.1, -0.05) is 17.9 Å². The third-order valence-electron chi connectivity index (χ3n) is 2.32. The van der Waals surface area contributed by atoms with Gasteiger partial charge in [-0.3, -0.25) is 0 Å². The second-order valence-corrected chi connectivity index (χ2v) is 4.64. The zero-order valence-electron chi connectivity index (χ0n) is 10.1. The van der Waals surface area contributed by atoms with Crippen LogP contribution in [0.4, 0.5) is 4.39 Å². The van der Waals surface area contributed by atoms with Crippen LogP contribution in [0.15, 0.2) is 41.8 Å². The van der Waals surface area contributed by atoms with E-state index in [-0.39, 0.29) is 12.4 Å². The highest BCUT2D eigenvalue weighted by atomic mass is 32.2. The standard InChI is InChI=1S/C14H12FN3S/c15-13-8-11(2-1-6-16)3-4-12(13)9-19-14-5-7-17-10-18-14/h3-5,7-8,10H,6,9,16H2. The van der Waals surface area contributed by atoms with E-state index in [9.17, 15) is 4.39 Å². The van der Waals surface area contributed by atoms with Gasteiger partial charge in [0.15, 0.2) is 0 Å². The number of nitrogens with two attached hydrogens (primary N) is 1. The van der Waals surface area contributed by atoms with Gasteiger partial charge in [-0.2, -0.15) is 0 Å². The summed E-state index contributed by atoms with van der Waals surface area (Å²) in [5.41, 5.74) is 6.54. The molecule has 19 heavy (non-hydrogen) atoms. The van der Waals surface area contributed by atoms with Gasteiger partial charge in [-0.25, -0.2) is 14.4 Å². The molecule has 0 radical (unpaired) electrons. The maximum atomic E-state index is 13.8. The van der Waals surface area contributed by atoms with Crippen molar-refractivity contribution in [1.82, 2.24) is 9.97 Å². The SMILES string of the molecule is NCC#Cc1ccc(CSc2ccncn2)c(F)c1. The molecule has 0 aliphatic rings. The Morgan fingerprint density at radius 2 is 2.21 bits per heavy atom. The van der Waals surface area contributed by atoms with Crippen molar-refractivity contribution in [3.05, 3.63) is 53.7 Å². The quantitative estimate of drug-likeness (QED) is 0.529. The van der Waals surface area contributed by atoms with Crippen LogP contribution in [0.5, 0.6) is 0 Å². The van der Waals surface area contributed by atoms with Gasteiger partial charge in [0.05, 0.1) is 11.6 Å². The summed E-state index contributed by atoms with van der Waals surface area (Å²) in [5, 5.41) is 0.821. The minimum atomic E-state index is -0.259. The number of halogens is 1. The number of aromatic nitrogens is 2. The van der Waals surface area contributed by atoms with E-state index in [0.29, 0.717) is 16.9 Å². The Labute approximate surface area is 115 Å². The molecular formula is C14H12FN3S. The summed E-state index contributed by atoms with van der Waals surface area (Å²) in [5.74, 6) is 5.76. The Morgan fingerprint density at radius 1 is 1.32 bits per heavy atom. The van der Waals surface area contributed by atoms with E-state index in [4.69, 9.17) is 5.73 Å². The smallest absolute Gasteiger partial charge is 0.128 e. The highest BCUT2D eigenvalue weighted by molar-refractivity contribution is 7.98. The molecule has 1 aromatic carbocycles. The molecular weight excluding hydrogens is 261 g/mol. The molecule has 0 aliphatic heterocycles. The number of thioether (sulfide) groups is 1. The van der Waals surface area contributed by atoms with E-state index in [1.807, 2.05) is 0 Å². The van der Waals surface area contributed by atoms with Crippen molar-refractivity contribution >= 4 is 11.8 Å². The molecule has 0 unspecified atom stereocenters. The normalized spacial score (nSPS) is 9.79. The van der Waals surface area contributed by atoms with Crippen LogP contribution in [0.3, 0.4) is 0 Å². The molecule has 0 aliphatic carbocycles. The molecule has 2 N–H and O–H groups in total. The van der Waals surface area contributed by atoms with Crippen LogP contribution in [-0.2, 0) is 5.75 Å². The molecule has 0 amide bonds. The Balaban J connectivity index is 2.05. The second-order valence-electron chi connectivity index (χ2n) is 3.65. The van der Waals surface area contributed by atoms with Crippen LogP contribution < -0.4 is 5.73 Å². The summed E-state index contributed by atoms with van der Waals surface area (Å²) in [6.07, 6.45) is 3.14. The van der Waals surface area contributed by atoms with Crippen LogP contribution in [0.1, 0.15) is 11.1 Å². The molecule has 0 atom stereocenters. The van der Waals surface area contributed by atoms with E-state index in [1.165, 1.54) is 24.2 Å². The number of benzene rings is 1. The Bertz CT molecular complexity index is 605. The van der Waals surface area contributed by atoms with Crippen LogP contribution in [0, 0.1) is 17.7 Å². The molecule has 2 rings (SSSR count). The van der Waals surface area contributed by atoms with Gasteiger partial charge in [-0.05, 0) is 23.8 Å². The van der Waals surface area contributed by atoms with Crippen molar-refractivity contribution in [3.8, 4) is 11.8 Å². The number of nitrogens with zero attached hydrogens (tertiary/aromatic N) is 2. The van der Waals surface area contributed by atoms with Crippen molar-refractivity contribution in [3.63, 3.8) is 0 Å². The topological polar surface area (TPSA) is 51.8 Å². The largest absolute Gasteiger partial charge is 0.320 e. The minimum Gasteiger partial charge on any atom is -0.320 e. The maximum Gasteiger partial charge on any atom is 0.128 e. The Kier molecular flexibility index (Phi) is 4.90. The first-order valence-electron chi connectivity index (χ1n) is 5.66. The molecule has 1 heterocycles. The van der Waals surface area contributed by atoms with Crippen molar-refractivity contribution in [2.24, 2.45) is 5.73 Å². The van der Waals surface area contributed by atoms with E-state index < -0.39 is 0 Å². The van der Waals surface area contributed by atoms with Crippen LogP contribution in [-0.4, -0.2) is 16.5 Å². The van der Waals surface area contributed by atoms with Crippen LogP contribution >= 0.6 is 11.8 Å². The van der Waals surface area contributed by atoms with Crippen molar-refractivity contribution < 1.29 is 4.39 Å². The average Bonchev–Trinajstić information content (AvgIpc) is 2.45. The van der Waals surface area contributed by atoms with Crippen LogP contribution in [0.25, 0.3) is 0 Å². The lowest BCUT2D eigenvalue weighted by Gasteiger charge is -2.03. The third-order valence-corrected chi connectivity index (χ3v) is 3.31. The molecule has 2 aromatic rings. The molecule has 5 heteroatoms. The fourth-order valence-corrected chi connectivity index (χ4v) is 2.23. The molecule has 0 saturated carbocycles. The Morgan fingerprint density at radius 3 is 2.89 bits per heavy atom. The first-order chi connectivity index (χ1) is 9.29. The summed E-state index contributed by atoms with van der Waals surface area (Å²) in [7, 11) is 0. The van der Waals surface area contributed by atoms with E-state index in [1.54, 1.807) is 24.4 Å². The molecule has 0 spiro atoms. The van der Waals surface area contributed by atoms with Gasteiger partial charge >= 0.3 is 0 Å². The molecule has 0 saturated heterocycles. The predicted molar refractivity (Wildman–Crippen MR) is 73.9 cm³/mol. The molecule has 0 bridgehead atoms. The fraction of sp³-hybridized carbons (Fsp3) is 0.143. The van der Waals surface area contributed by atoms with Gasteiger partial charge in [0.1, 0.15) is 12.1 Å². The first kappa shape index (κ1) is 13.5. The Hall–Kier alpha value is -1.90. The summed E-state index contributed by atoms with van der Waals surface area (Å²) < 4.78 is 13.8. The average molecular weight is 273 g/mol. The molecule has 3 nitrogen and oxygen atoms in total. The van der Waals surface area contributed by atoms with E-state index in [0.717, 1.165) is 5.03 Å². The summed E-state index contributed by atoms with van der Waals surface area (Å²) in [6.45, 7) is 0.271. The summed E-state index contributed by atoms with van der Waals surface area (Å²) >= 11 is 1.46. The zero-order valence-corrected chi connectivity index (χ0v) is 11.0. The van der Waals surface area contributed by atoms with Gasteiger partial charge in [0.25, 0.3) is 0 Å². The van der Waals surface area contributed by atoms with E-state index >= 15 is 0 Å². The number of hydrogen-bond acceptors (Lipinski definition) is 4. The first-order valence-corrected chi connectivity index (χ1v) is 6.64. The maximum absolute atomic E-state index is 13.8. The van der Waals surface area contributed by atoms with Crippen LogP contribution in [0.2, 0.25) is 0 Å². The molecule has 1 aromatic heterocycles. The lowest BCUT2D eigenvalue weighted by molar-refractivity contribution is 0.617. The minimum absolute atomic E-state index is 0.259. The zero-order chi connectivity index (χ0) is 13.5. The monoisotopic (exact) mass is 273 g/mol. The molecule has 0 fully saturated rings. The van der Waals surface area contributed by atoms with Gasteiger partial charge in [-0.15, -0.1) is 11.8 Å². The highest BCUT2D eigenvalue weighted by Gasteiger charge is 2.04. The number of hydrogen-bond donors (Lipinski definition) is 1. The van der Waals surface area contributed by atoms with Crippen molar-refractivity contribution in [2.45, 2.75) is 10.8 Å². The number of rotatable bonds is 3. The summed E-state index contributed by atoms with van der Waals surface area (Å²) in [6, 6.07) is 6.76. The lowest BCUT2D eigenvalue weighted by atomic mass is 10.1. The molecule has 96 valence electrons. The second kappa shape index (κ2) is 6.88. The van der Waals surface area contributed by atoms with Crippen molar-refractivity contribution in [1.29, 1.82) is 0 Å². The lowest BCUT2D eigenvalue weighted by Crippen LogP contribution is -1.94. The fourth-order valence-electron chi connectivity index (χ4n) is 1.41. The predicted octanol–water partition coefficient (Wildman–Crippen LogP) is 2.22. The van der Waals surface area contributed by atoms with Gasteiger partial charge in [0.2, 0.25) is 0 Å². The van der Waals surface area contributed by atoms with Crippen molar-refractivity contribution in [2.75, 3.05) is 6.54 Å².